The number of pyridine rings is 1. The number of carbonyl (C=O) groups excluding carboxylic acids is 2. The molecule has 1 aliphatic heterocycles. The van der Waals surface area contributed by atoms with Crippen LogP contribution < -0.4 is 5.32 Å². The summed E-state index contributed by atoms with van der Waals surface area (Å²) < 4.78 is 1.73. The van der Waals surface area contributed by atoms with Crippen molar-refractivity contribution in [3.05, 3.63) is 35.9 Å². The SMILES string of the molecule is CC(C)CNC(=O)c1nc(C(=O)N2CCCC(C)C2)n2ccccc12. The number of nitrogens with zero attached hydrogens (tertiary/aromatic N) is 3. The van der Waals surface area contributed by atoms with E-state index < -0.39 is 0 Å². The van der Waals surface area contributed by atoms with Gasteiger partial charge in [0.05, 0.1) is 5.52 Å². The minimum absolute atomic E-state index is 0.101. The lowest BCUT2D eigenvalue weighted by Gasteiger charge is -2.30. The Morgan fingerprint density at radius 2 is 2.16 bits per heavy atom. The standard InChI is InChI=1S/C19H26N4O2/c1-13(2)11-20-18(24)16-15-8-4-5-10-23(15)17(21-16)19(25)22-9-6-7-14(3)12-22/h4-5,8,10,13-14H,6-7,9,11-12H2,1-3H3,(H,20,24). The van der Waals surface area contributed by atoms with E-state index in [0.717, 1.165) is 25.9 Å². The number of imidazole rings is 1. The van der Waals surface area contributed by atoms with E-state index >= 15 is 0 Å². The van der Waals surface area contributed by atoms with Gasteiger partial charge in [-0.2, -0.15) is 0 Å². The predicted octanol–water partition coefficient (Wildman–Crippen LogP) is 2.59. The molecule has 2 aromatic heterocycles. The molecule has 0 aromatic carbocycles. The number of amides is 2. The van der Waals surface area contributed by atoms with E-state index in [-0.39, 0.29) is 11.8 Å². The third-order valence-electron chi connectivity index (χ3n) is 4.57. The Kier molecular flexibility index (Phi) is 5.06. The molecule has 25 heavy (non-hydrogen) atoms. The fourth-order valence-electron chi connectivity index (χ4n) is 3.25. The number of nitrogens with one attached hydrogen (secondary N) is 1. The van der Waals surface area contributed by atoms with Gasteiger partial charge in [-0.3, -0.25) is 14.0 Å². The summed E-state index contributed by atoms with van der Waals surface area (Å²) in [6.07, 6.45) is 3.95. The lowest BCUT2D eigenvalue weighted by Crippen LogP contribution is -2.40. The first kappa shape index (κ1) is 17.5. The van der Waals surface area contributed by atoms with Crippen LogP contribution in [0, 0.1) is 11.8 Å². The molecule has 3 heterocycles. The van der Waals surface area contributed by atoms with Gasteiger partial charge >= 0.3 is 0 Å². The maximum atomic E-state index is 13.0. The minimum Gasteiger partial charge on any atom is -0.350 e. The lowest BCUT2D eigenvalue weighted by molar-refractivity contribution is 0.0670. The van der Waals surface area contributed by atoms with Gasteiger partial charge in [-0.05, 0) is 36.8 Å². The van der Waals surface area contributed by atoms with Gasteiger partial charge in [-0.25, -0.2) is 4.98 Å². The number of piperidine rings is 1. The number of aromatic nitrogens is 2. The Morgan fingerprint density at radius 1 is 1.36 bits per heavy atom. The second kappa shape index (κ2) is 7.25. The van der Waals surface area contributed by atoms with E-state index in [2.05, 4.69) is 17.2 Å². The highest BCUT2D eigenvalue weighted by Crippen LogP contribution is 2.20. The zero-order chi connectivity index (χ0) is 18.0. The van der Waals surface area contributed by atoms with Crippen LogP contribution in [0.4, 0.5) is 0 Å². The van der Waals surface area contributed by atoms with Crippen molar-refractivity contribution in [1.82, 2.24) is 19.6 Å². The van der Waals surface area contributed by atoms with Crippen LogP contribution in [-0.2, 0) is 0 Å². The van der Waals surface area contributed by atoms with Gasteiger partial charge in [0, 0.05) is 25.8 Å². The van der Waals surface area contributed by atoms with Crippen molar-refractivity contribution in [2.45, 2.75) is 33.6 Å². The second-order valence-electron chi connectivity index (χ2n) is 7.34. The highest BCUT2D eigenvalue weighted by molar-refractivity contribution is 6.02. The molecule has 3 rings (SSSR count). The first-order valence-corrected chi connectivity index (χ1v) is 9.02. The van der Waals surface area contributed by atoms with E-state index in [1.54, 1.807) is 10.6 Å². The third kappa shape index (κ3) is 3.67. The number of carbonyl (C=O) groups is 2. The summed E-state index contributed by atoms with van der Waals surface area (Å²) in [6, 6.07) is 5.53. The molecule has 6 nitrogen and oxygen atoms in total. The quantitative estimate of drug-likeness (QED) is 0.929. The zero-order valence-electron chi connectivity index (χ0n) is 15.2. The number of hydrogen-bond donors (Lipinski definition) is 1. The van der Waals surface area contributed by atoms with Gasteiger partial charge in [0.15, 0.2) is 5.69 Å². The van der Waals surface area contributed by atoms with E-state index in [1.165, 1.54) is 0 Å². The molecule has 1 unspecified atom stereocenters. The van der Waals surface area contributed by atoms with Gasteiger partial charge in [-0.1, -0.05) is 26.8 Å². The molecule has 2 amide bonds. The molecule has 1 N–H and O–H groups in total. The summed E-state index contributed by atoms with van der Waals surface area (Å²) in [4.78, 5) is 31.8. The topological polar surface area (TPSA) is 66.7 Å². The Morgan fingerprint density at radius 3 is 2.88 bits per heavy atom. The maximum Gasteiger partial charge on any atom is 0.290 e. The molecular weight excluding hydrogens is 316 g/mol. The Bertz CT molecular complexity index is 781. The van der Waals surface area contributed by atoms with Crippen molar-refractivity contribution in [1.29, 1.82) is 0 Å². The molecular formula is C19H26N4O2. The van der Waals surface area contributed by atoms with Crippen LogP contribution in [0.2, 0.25) is 0 Å². The van der Waals surface area contributed by atoms with E-state index in [9.17, 15) is 9.59 Å². The largest absolute Gasteiger partial charge is 0.350 e. The van der Waals surface area contributed by atoms with Crippen LogP contribution in [-0.4, -0.2) is 45.7 Å². The average molecular weight is 342 g/mol. The molecule has 1 saturated heterocycles. The first-order chi connectivity index (χ1) is 12.0. The number of likely N-dealkylation sites (tertiary alicyclic amines) is 1. The predicted molar refractivity (Wildman–Crippen MR) is 96.7 cm³/mol. The highest BCUT2D eigenvalue weighted by Gasteiger charge is 2.27. The van der Waals surface area contributed by atoms with Gasteiger partial charge in [0.1, 0.15) is 0 Å². The van der Waals surface area contributed by atoms with Gasteiger partial charge in [0.2, 0.25) is 5.82 Å². The van der Waals surface area contributed by atoms with Gasteiger partial charge in [0.25, 0.3) is 11.8 Å². The van der Waals surface area contributed by atoms with Crippen LogP contribution in [0.1, 0.15) is 54.7 Å². The lowest BCUT2D eigenvalue weighted by atomic mass is 10.0. The minimum atomic E-state index is -0.233. The third-order valence-corrected chi connectivity index (χ3v) is 4.57. The Balaban J connectivity index is 1.93. The average Bonchev–Trinajstić information content (AvgIpc) is 2.99. The van der Waals surface area contributed by atoms with Crippen molar-refractivity contribution < 1.29 is 9.59 Å². The summed E-state index contributed by atoms with van der Waals surface area (Å²) in [7, 11) is 0. The second-order valence-corrected chi connectivity index (χ2v) is 7.34. The molecule has 0 bridgehead atoms. The Labute approximate surface area is 148 Å². The number of rotatable bonds is 4. The zero-order valence-corrected chi connectivity index (χ0v) is 15.2. The van der Waals surface area contributed by atoms with Crippen molar-refractivity contribution >= 4 is 17.3 Å². The van der Waals surface area contributed by atoms with Crippen LogP contribution in [0.5, 0.6) is 0 Å². The van der Waals surface area contributed by atoms with Crippen LogP contribution in [0.3, 0.4) is 0 Å². The molecule has 0 radical (unpaired) electrons. The molecule has 1 fully saturated rings. The van der Waals surface area contributed by atoms with Crippen molar-refractivity contribution in [3.8, 4) is 0 Å². The maximum absolute atomic E-state index is 13.0. The number of fused-ring (bicyclic) bond motifs is 1. The van der Waals surface area contributed by atoms with Crippen LogP contribution in [0.15, 0.2) is 24.4 Å². The summed E-state index contributed by atoms with van der Waals surface area (Å²) in [6.45, 7) is 8.32. The smallest absolute Gasteiger partial charge is 0.290 e. The summed E-state index contributed by atoms with van der Waals surface area (Å²) in [5, 5.41) is 2.89. The van der Waals surface area contributed by atoms with Gasteiger partial charge in [-0.15, -0.1) is 0 Å². The van der Waals surface area contributed by atoms with E-state index in [4.69, 9.17) is 0 Å². The molecule has 6 heteroatoms. The molecule has 2 aromatic rings. The summed E-state index contributed by atoms with van der Waals surface area (Å²) in [5.74, 6) is 0.838. The Hall–Kier alpha value is -2.37. The van der Waals surface area contributed by atoms with Crippen LogP contribution >= 0.6 is 0 Å². The molecule has 0 spiro atoms. The molecule has 134 valence electrons. The summed E-state index contributed by atoms with van der Waals surface area (Å²) >= 11 is 0. The molecule has 1 atom stereocenters. The normalized spacial score (nSPS) is 17.9. The first-order valence-electron chi connectivity index (χ1n) is 9.02. The van der Waals surface area contributed by atoms with Crippen molar-refractivity contribution in [3.63, 3.8) is 0 Å². The molecule has 0 saturated carbocycles. The summed E-state index contributed by atoms with van der Waals surface area (Å²) in [5.41, 5.74) is 0.979. The van der Waals surface area contributed by atoms with Crippen molar-refractivity contribution in [2.75, 3.05) is 19.6 Å². The van der Waals surface area contributed by atoms with Gasteiger partial charge < -0.3 is 10.2 Å². The van der Waals surface area contributed by atoms with E-state index in [1.807, 2.05) is 36.9 Å². The van der Waals surface area contributed by atoms with Crippen molar-refractivity contribution in [2.24, 2.45) is 11.8 Å². The monoisotopic (exact) mass is 342 g/mol. The molecule has 0 aliphatic carbocycles. The highest BCUT2D eigenvalue weighted by atomic mass is 16.2. The fraction of sp³-hybridized carbons (Fsp3) is 0.526. The van der Waals surface area contributed by atoms with E-state index in [0.29, 0.717) is 35.4 Å². The number of hydrogen-bond acceptors (Lipinski definition) is 3. The van der Waals surface area contributed by atoms with Crippen LogP contribution in [0.25, 0.3) is 5.52 Å². The molecule has 1 aliphatic rings. The fourth-order valence-corrected chi connectivity index (χ4v) is 3.25.